The number of amides is 2. The lowest BCUT2D eigenvalue weighted by molar-refractivity contribution is -0.119. The van der Waals surface area contributed by atoms with Crippen molar-refractivity contribution >= 4 is 45.2 Å². The SMILES string of the molecule is COc1cc(Cl)c2[nH]cc(C(C)CNC(C)=O)c2c1.COc1cc(F)c2[nH]cc(C(C)CNC(C)=O)c2c1. The quantitative estimate of drug-likeness (QED) is 0.231. The fourth-order valence-corrected chi connectivity index (χ4v) is 4.50. The average Bonchev–Trinajstić information content (AvgIpc) is 3.51. The molecule has 2 aromatic carbocycles. The van der Waals surface area contributed by atoms with Gasteiger partial charge in [-0.1, -0.05) is 25.4 Å². The van der Waals surface area contributed by atoms with Crippen LogP contribution in [0.2, 0.25) is 5.02 Å². The molecule has 0 saturated heterocycles. The Bertz CT molecular complexity index is 1320. The number of methoxy groups -OCH3 is 2. The standard InChI is InChI=1S/C14H17ClN2O2.C14H17FN2O2/c2*1-8(6-16-9(2)18)12-7-17-14-11(12)4-10(19-3)5-13(14)15/h2*4-5,7-8,17H,6H2,1-3H3,(H,16,18). The van der Waals surface area contributed by atoms with E-state index in [0.717, 1.165) is 33.2 Å². The Kier molecular flexibility index (Phi) is 9.63. The first-order valence-electron chi connectivity index (χ1n) is 12.2. The van der Waals surface area contributed by atoms with Crippen molar-refractivity contribution in [3.05, 3.63) is 58.6 Å². The molecule has 0 aliphatic carbocycles. The van der Waals surface area contributed by atoms with Crippen molar-refractivity contribution in [3.8, 4) is 11.5 Å². The van der Waals surface area contributed by atoms with E-state index >= 15 is 0 Å². The first-order chi connectivity index (χ1) is 18.0. The molecular weight excluding hydrogens is 511 g/mol. The number of H-pyrrole nitrogens is 2. The minimum Gasteiger partial charge on any atom is -0.497 e. The molecule has 0 saturated carbocycles. The lowest BCUT2D eigenvalue weighted by atomic mass is 10.00. The third kappa shape index (κ3) is 6.77. The zero-order chi connectivity index (χ0) is 28.0. The summed E-state index contributed by atoms with van der Waals surface area (Å²) in [6.07, 6.45) is 3.71. The topological polar surface area (TPSA) is 108 Å². The summed E-state index contributed by atoms with van der Waals surface area (Å²) >= 11 is 6.21. The maximum atomic E-state index is 13.8. The van der Waals surface area contributed by atoms with Crippen LogP contribution >= 0.6 is 11.6 Å². The molecule has 4 N–H and O–H groups in total. The first-order valence-corrected chi connectivity index (χ1v) is 12.6. The second kappa shape index (κ2) is 12.7. The number of fused-ring (bicyclic) bond motifs is 2. The van der Waals surface area contributed by atoms with Gasteiger partial charge in [0.05, 0.1) is 30.3 Å². The summed E-state index contributed by atoms with van der Waals surface area (Å²) < 4.78 is 24.2. The number of benzene rings is 2. The number of aromatic amines is 2. The average molecular weight is 545 g/mol. The summed E-state index contributed by atoms with van der Waals surface area (Å²) in [5, 5.41) is 8.04. The minimum atomic E-state index is -0.340. The molecule has 2 atom stereocenters. The molecule has 0 aliphatic heterocycles. The van der Waals surface area contributed by atoms with E-state index in [1.807, 2.05) is 19.2 Å². The highest BCUT2D eigenvalue weighted by Crippen LogP contribution is 2.34. The molecule has 2 unspecified atom stereocenters. The molecule has 0 spiro atoms. The number of carbonyl (C=O) groups excluding carboxylic acids is 2. The number of halogens is 2. The molecule has 4 rings (SSSR count). The first kappa shape index (κ1) is 28.8. The van der Waals surface area contributed by atoms with Crippen LogP contribution in [0.25, 0.3) is 21.8 Å². The molecular formula is C28H34ClFN4O4. The van der Waals surface area contributed by atoms with Crippen LogP contribution in [0, 0.1) is 5.82 Å². The van der Waals surface area contributed by atoms with Crippen molar-refractivity contribution in [3.63, 3.8) is 0 Å². The zero-order valence-electron chi connectivity index (χ0n) is 22.4. The predicted molar refractivity (Wildman–Crippen MR) is 149 cm³/mol. The minimum absolute atomic E-state index is 0.0256. The van der Waals surface area contributed by atoms with E-state index in [-0.39, 0.29) is 29.5 Å². The second-order valence-electron chi connectivity index (χ2n) is 9.23. The third-order valence-corrected chi connectivity index (χ3v) is 6.64. The zero-order valence-corrected chi connectivity index (χ0v) is 23.2. The Labute approximate surface area is 226 Å². The van der Waals surface area contributed by atoms with Gasteiger partial charge in [-0.25, -0.2) is 4.39 Å². The van der Waals surface area contributed by atoms with Crippen LogP contribution in [0.5, 0.6) is 11.5 Å². The summed E-state index contributed by atoms with van der Waals surface area (Å²) in [5.41, 5.74) is 3.43. The number of hydrogen-bond acceptors (Lipinski definition) is 4. The van der Waals surface area contributed by atoms with Gasteiger partial charge in [-0.15, -0.1) is 0 Å². The summed E-state index contributed by atoms with van der Waals surface area (Å²) in [7, 11) is 3.12. The molecule has 0 fully saturated rings. The van der Waals surface area contributed by atoms with Crippen LogP contribution in [0.15, 0.2) is 36.7 Å². The van der Waals surface area contributed by atoms with E-state index in [1.165, 1.54) is 27.0 Å². The number of hydrogen-bond donors (Lipinski definition) is 4. The normalized spacial score (nSPS) is 12.4. The van der Waals surface area contributed by atoms with Gasteiger partial charge in [0.2, 0.25) is 11.8 Å². The van der Waals surface area contributed by atoms with Gasteiger partial charge in [0.1, 0.15) is 11.5 Å². The van der Waals surface area contributed by atoms with Crippen molar-refractivity contribution in [1.29, 1.82) is 0 Å². The van der Waals surface area contributed by atoms with Crippen LogP contribution in [0.3, 0.4) is 0 Å². The van der Waals surface area contributed by atoms with E-state index in [4.69, 9.17) is 21.1 Å². The van der Waals surface area contributed by atoms with Crippen LogP contribution in [0.1, 0.15) is 50.7 Å². The molecule has 2 amide bonds. The summed E-state index contributed by atoms with van der Waals surface area (Å²) in [4.78, 5) is 28.0. The summed E-state index contributed by atoms with van der Waals surface area (Å²) in [6.45, 7) is 8.15. The highest BCUT2D eigenvalue weighted by molar-refractivity contribution is 6.35. The second-order valence-corrected chi connectivity index (χ2v) is 9.64. The maximum Gasteiger partial charge on any atom is 0.216 e. The number of aromatic nitrogens is 2. The predicted octanol–water partition coefficient (Wildman–Crippen LogP) is 5.62. The molecule has 204 valence electrons. The number of rotatable bonds is 8. The van der Waals surface area contributed by atoms with E-state index in [1.54, 1.807) is 25.4 Å². The van der Waals surface area contributed by atoms with Crippen molar-refractivity contribution in [2.75, 3.05) is 27.3 Å². The lowest BCUT2D eigenvalue weighted by Gasteiger charge is -2.11. The third-order valence-electron chi connectivity index (χ3n) is 6.34. The van der Waals surface area contributed by atoms with E-state index in [2.05, 4.69) is 27.5 Å². The molecule has 0 bridgehead atoms. The van der Waals surface area contributed by atoms with Crippen LogP contribution in [-0.2, 0) is 9.59 Å². The highest BCUT2D eigenvalue weighted by atomic mass is 35.5. The van der Waals surface area contributed by atoms with Crippen molar-refractivity contribution in [2.45, 2.75) is 39.5 Å². The van der Waals surface area contributed by atoms with Gasteiger partial charge in [-0.05, 0) is 23.3 Å². The molecule has 38 heavy (non-hydrogen) atoms. The molecule has 0 aliphatic rings. The molecule has 2 aromatic heterocycles. The monoisotopic (exact) mass is 544 g/mol. The van der Waals surface area contributed by atoms with E-state index in [9.17, 15) is 14.0 Å². The van der Waals surface area contributed by atoms with Gasteiger partial charge in [-0.2, -0.15) is 0 Å². The van der Waals surface area contributed by atoms with Crippen molar-refractivity contribution in [1.82, 2.24) is 20.6 Å². The van der Waals surface area contributed by atoms with E-state index in [0.29, 0.717) is 29.4 Å². The molecule has 4 aromatic rings. The lowest BCUT2D eigenvalue weighted by Crippen LogP contribution is -2.24. The number of nitrogens with one attached hydrogen (secondary N) is 4. The van der Waals surface area contributed by atoms with Crippen LogP contribution in [0.4, 0.5) is 4.39 Å². The smallest absolute Gasteiger partial charge is 0.216 e. The molecule has 8 nitrogen and oxygen atoms in total. The van der Waals surface area contributed by atoms with Crippen LogP contribution < -0.4 is 20.1 Å². The van der Waals surface area contributed by atoms with Gasteiger partial charge >= 0.3 is 0 Å². The molecule has 10 heteroatoms. The Morgan fingerprint density at radius 3 is 1.76 bits per heavy atom. The Balaban J connectivity index is 0.000000211. The fraction of sp³-hybridized carbons (Fsp3) is 0.357. The molecule has 2 heterocycles. The van der Waals surface area contributed by atoms with Crippen molar-refractivity contribution < 1.29 is 23.5 Å². The number of ether oxygens (including phenoxy) is 2. The highest BCUT2D eigenvalue weighted by Gasteiger charge is 2.16. The fourth-order valence-electron chi connectivity index (χ4n) is 4.23. The van der Waals surface area contributed by atoms with Gasteiger partial charge < -0.3 is 30.1 Å². The van der Waals surface area contributed by atoms with Gasteiger partial charge in [0.25, 0.3) is 0 Å². The van der Waals surface area contributed by atoms with Gasteiger partial charge in [0.15, 0.2) is 5.82 Å². The van der Waals surface area contributed by atoms with E-state index < -0.39 is 0 Å². The Morgan fingerprint density at radius 2 is 1.29 bits per heavy atom. The Morgan fingerprint density at radius 1 is 0.842 bits per heavy atom. The van der Waals surface area contributed by atoms with Gasteiger partial charge in [0, 0.05) is 74.1 Å². The van der Waals surface area contributed by atoms with Crippen molar-refractivity contribution in [2.24, 2.45) is 0 Å². The van der Waals surface area contributed by atoms with Crippen LogP contribution in [-0.4, -0.2) is 49.1 Å². The summed E-state index contributed by atoms with van der Waals surface area (Å²) in [6, 6.07) is 6.88. The largest absolute Gasteiger partial charge is 0.497 e. The van der Waals surface area contributed by atoms with Gasteiger partial charge in [-0.3, -0.25) is 9.59 Å². The number of carbonyl (C=O) groups is 2. The Hall–Kier alpha value is -3.72. The molecule has 0 radical (unpaired) electrons. The summed E-state index contributed by atoms with van der Waals surface area (Å²) in [5.74, 6) is 1.05. The maximum absolute atomic E-state index is 13.8.